The van der Waals surface area contributed by atoms with E-state index >= 15 is 0 Å². The van der Waals surface area contributed by atoms with Gasteiger partial charge in [-0.05, 0) is 36.1 Å². The molecule has 14 heavy (non-hydrogen) atoms. The quantitative estimate of drug-likeness (QED) is 0.822. The van der Waals surface area contributed by atoms with Crippen LogP contribution >= 0.6 is 22.9 Å². The molecule has 1 heterocycles. The van der Waals surface area contributed by atoms with Crippen molar-refractivity contribution in [1.29, 1.82) is 0 Å². The predicted octanol–water partition coefficient (Wildman–Crippen LogP) is 3.66. The van der Waals surface area contributed by atoms with Crippen molar-refractivity contribution < 1.29 is 5.11 Å². The zero-order chi connectivity index (χ0) is 10.3. The Morgan fingerprint density at radius 2 is 2.21 bits per heavy atom. The highest BCUT2D eigenvalue weighted by Crippen LogP contribution is 2.51. The largest absolute Gasteiger partial charge is 0.384 e. The fraction of sp³-hybridized carbons (Fsp3) is 0.636. The van der Waals surface area contributed by atoms with Crippen LogP contribution in [-0.4, -0.2) is 5.11 Å². The highest BCUT2D eigenvalue weighted by Gasteiger charge is 2.46. The molecule has 78 valence electrons. The van der Waals surface area contributed by atoms with Gasteiger partial charge in [-0.15, -0.1) is 11.3 Å². The van der Waals surface area contributed by atoms with Gasteiger partial charge in [0.1, 0.15) is 5.60 Å². The average molecular weight is 231 g/mol. The zero-order valence-electron chi connectivity index (χ0n) is 8.46. The molecule has 0 spiro atoms. The van der Waals surface area contributed by atoms with Gasteiger partial charge in [-0.3, -0.25) is 0 Å². The minimum atomic E-state index is -0.625. The number of aliphatic hydroxyl groups is 1. The summed E-state index contributed by atoms with van der Waals surface area (Å²) in [5.41, 5.74) is -0.625. The third kappa shape index (κ3) is 1.60. The summed E-state index contributed by atoms with van der Waals surface area (Å²) in [4.78, 5) is 0.955. The molecule has 0 amide bonds. The smallest absolute Gasteiger partial charge is 0.101 e. The summed E-state index contributed by atoms with van der Waals surface area (Å²) in [6.07, 6.45) is 1.73. The van der Waals surface area contributed by atoms with Crippen LogP contribution < -0.4 is 0 Å². The third-order valence-corrected chi connectivity index (χ3v) is 4.72. The molecule has 1 nitrogen and oxygen atoms in total. The van der Waals surface area contributed by atoms with Crippen molar-refractivity contribution in [3.05, 3.63) is 21.3 Å². The van der Waals surface area contributed by atoms with Crippen LogP contribution in [0.1, 0.15) is 31.6 Å². The molecule has 1 aliphatic rings. The molecule has 2 rings (SSSR count). The lowest BCUT2D eigenvalue weighted by Crippen LogP contribution is -2.42. The van der Waals surface area contributed by atoms with Crippen molar-refractivity contribution in [3.63, 3.8) is 0 Å². The van der Waals surface area contributed by atoms with Gasteiger partial charge in [0.2, 0.25) is 0 Å². The first-order valence-electron chi connectivity index (χ1n) is 4.99. The number of thiophene rings is 1. The van der Waals surface area contributed by atoms with Crippen molar-refractivity contribution in [2.45, 2.75) is 32.3 Å². The monoisotopic (exact) mass is 230 g/mol. The Bertz CT molecular complexity index is 326. The Kier molecular flexibility index (Phi) is 2.63. The molecule has 1 aliphatic carbocycles. The summed E-state index contributed by atoms with van der Waals surface area (Å²) >= 11 is 7.58. The first-order valence-corrected chi connectivity index (χ1v) is 6.24. The maximum absolute atomic E-state index is 10.3. The van der Waals surface area contributed by atoms with E-state index in [2.05, 4.69) is 13.8 Å². The number of halogens is 1. The van der Waals surface area contributed by atoms with Crippen molar-refractivity contribution in [3.8, 4) is 0 Å². The van der Waals surface area contributed by atoms with Gasteiger partial charge >= 0.3 is 0 Å². The molecule has 1 N–H and O–H groups in total. The second-order valence-electron chi connectivity index (χ2n) is 4.54. The summed E-state index contributed by atoms with van der Waals surface area (Å²) in [5, 5.41) is 13.0. The van der Waals surface area contributed by atoms with Gasteiger partial charge in [0.25, 0.3) is 0 Å². The molecule has 1 fully saturated rings. The Hall–Kier alpha value is -0.0500. The fourth-order valence-electron chi connectivity index (χ4n) is 2.09. The van der Waals surface area contributed by atoms with E-state index < -0.39 is 5.60 Å². The molecule has 3 heteroatoms. The van der Waals surface area contributed by atoms with Gasteiger partial charge in [-0.2, -0.15) is 0 Å². The number of rotatable bonds is 2. The molecule has 1 aromatic heterocycles. The minimum Gasteiger partial charge on any atom is -0.384 e. The van der Waals surface area contributed by atoms with Crippen LogP contribution in [-0.2, 0) is 5.60 Å². The highest BCUT2D eigenvalue weighted by atomic mass is 35.5. The summed E-state index contributed by atoms with van der Waals surface area (Å²) in [7, 11) is 0. The number of hydrogen-bond acceptors (Lipinski definition) is 2. The van der Waals surface area contributed by atoms with Crippen molar-refractivity contribution in [1.82, 2.24) is 0 Å². The van der Waals surface area contributed by atoms with Gasteiger partial charge in [0, 0.05) is 0 Å². The zero-order valence-corrected chi connectivity index (χ0v) is 10.0. The maximum atomic E-state index is 10.3. The SMILES string of the molecule is CC(C)C1CC(O)(c2sccc2Cl)C1. The van der Waals surface area contributed by atoms with E-state index in [0.717, 1.165) is 22.7 Å². The lowest BCUT2D eigenvalue weighted by atomic mass is 9.66. The Labute approximate surface area is 93.7 Å². The highest BCUT2D eigenvalue weighted by molar-refractivity contribution is 7.10. The molecule has 1 aromatic rings. The molecular weight excluding hydrogens is 216 g/mol. The molecule has 0 saturated heterocycles. The van der Waals surface area contributed by atoms with Gasteiger partial charge < -0.3 is 5.11 Å². The van der Waals surface area contributed by atoms with E-state index in [0.29, 0.717) is 11.8 Å². The first-order chi connectivity index (χ1) is 6.53. The molecule has 0 unspecified atom stereocenters. The maximum Gasteiger partial charge on any atom is 0.101 e. The first kappa shape index (κ1) is 10.5. The lowest BCUT2D eigenvalue weighted by Gasteiger charge is -2.45. The molecule has 0 atom stereocenters. The molecule has 0 radical (unpaired) electrons. The van der Waals surface area contributed by atoms with Crippen molar-refractivity contribution in [2.75, 3.05) is 0 Å². The Morgan fingerprint density at radius 3 is 2.64 bits per heavy atom. The van der Waals surface area contributed by atoms with Gasteiger partial charge in [-0.1, -0.05) is 25.4 Å². The Morgan fingerprint density at radius 1 is 1.57 bits per heavy atom. The van der Waals surface area contributed by atoms with E-state index in [-0.39, 0.29) is 0 Å². The van der Waals surface area contributed by atoms with Crippen LogP contribution in [0.5, 0.6) is 0 Å². The van der Waals surface area contributed by atoms with E-state index in [1.54, 1.807) is 11.3 Å². The van der Waals surface area contributed by atoms with Crippen molar-refractivity contribution in [2.24, 2.45) is 11.8 Å². The summed E-state index contributed by atoms with van der Waals surface area (Å²) in [6, 6.07) is 1.86. The van der Waals surface area contributed by atoms with Crippen LogP contribution in [0.4, 0.5) is 0 Å². The topological polar surface area (TPSA) is 20.2 Å². The molecular formula is C11H15ClOS. The van der Waals surface area contributed by atoms with Gasteiger partial charge in [0.05, 0.1) is 9.90 Å². The van der Waals surface area contributed by atoms with E-state index in [1.165, 1.54) is 0 Å². The third-order valence-electron chi connectivity index (χ3n) is 3.18. The molecule has 0 aromatic carbocycles. The second-order valence-corrected chi connectivity index (χ2v) is 5.86. The molecule has 0 bridgehead atoms. The predicted molar refractivity (Wildman–Crippen MR) is 60.8 cm³/mol. The molecule has 0 aliphatic heterocycles. The summed E-state index contributed by atoms with van der Waals surface area (Å²) < 4.78 is 0. The second kappa shape index (κ2) is 3.51. The van der Waals surface area contributed by atoms with Crippen LogP contribution in [0.15, 0.2) is 11.4 Å². The average Bonchev–Trinajstić information content (AvgIpc) is 2.45. The summed E-state index contributed by atoms with van der Waals surface area (Å²) in [5.74, 6) is 1.31. The van der Waals surface area contributed by atoms with Crippen LogP contribution in [0, 0.1) is 11.8 Å². The fourth-order valence-corrected chi connectivity index (χ4v) is 3.44. The summed E-state index contributed by atoms with van der Waals surface area (Å²) in [6.45, 7) is 4.42. The standard InChI is InChI=1S/C11H15ClOS/c1-7(2)8-5-11(13,6-8)10-9(12)3-4-14-10/h3-4,7-8,13H,5-6H2,1-2H3. The lowest BCUT2D eigenvalue weighted by molar-refractivity contribution is -0.0904. The van der Waals surface area contributed by atoms with E-state index in [1.807, 2.05) is 11.4 Å². The van der Waals surface area contributed by atoms with E-state index in [9.17, 15) is 5.11 Å². The minimum absolute atomic E-state index is 0.625. The van der Waals surface area contributed by atoms with Crippen molar-refractivity contribution >= 4 is 22.9 Å². The Balaban J connectivity index is 2.11. The van der Waals surface area contributed by atoms with Crippen LogP contribution in [0.25, 0.3) is 0 Å². The molecule has 1 saturated carbocycles. The number of hydrogen-bond donors (Lipinski definition) is 1. The van der Waals surface area contributed by atoms with E-state index in [4.69, 9.17) is 11.6 Å². The van der Waals surface area contributed by atoms with Gasteiger partial charge in [0.15, 0.2) is 0 Å². The van der Waals surface area contributed by atoms with Crippen LogP contribution in [0.2, 0.25) is 5.02 Å². The normalized spacial score (nSPS) is 31.9. The van der Waals surface area contributed by atoms with Gasteiger partial charge in [-0.25, -0.2) is 0 Å². The van der Waals surface area contributed by atoms with Crippen LogP contribution in [0.3, 0.4) is 0 Å².